The Hall–Kier alpha value is -2.31. The van der Waals surface area contributed by atoms with Crippen molar-refractivity contribution in [3.05, 3.63) is 52.2 Å². The van der Waals surface area contributed by atoms with Crippen molar-refractivity contribution < 1.29 is 14.3 Å². The summed E-state index contributed by atoms with van der Waals surface area (Å²) in [6.07, 6.45) is 0. The minimum atomic E-state index is -0.471. The maximum atomic E-state index is 12.3. The molecule has 0 saturated heterocycles. The minimum Gasteiger partial charge on any atom is -0.506 e. The summed E-state index contributed by atoms with van der Waals surface area (Å²) < 4.78 is 5.52. The normalized spacial score (nSPS) is 10.6. The van der Waals surface area contributed by atoms with E-state index in [1.54, 1.807) is 6.92 Å². The van der Waals surface area contributed by atoms with E-state index < -0.39 is 5.91 Å². The van der Waals surface area contributed by atoms with Gasteiger partial charge in [0.05, 0.1) is 10.6 Å². The number of nitrogens with zero attached hydrogens (tertiary/aromatic N) is 1. The molecule has 7 heteroatoms. The first-order valence-electron chi connectivity index (χ1n) is 6.36. The van der Waals surface area contributed by atoms with Gasteiger partial charge in [0.1, 0.15) is 11.5 Å². The highest BCUT2D eigenvalue weighted by molar-refractivity contribution is 7.13. The number of nitrogens with one attached hydrogen (secondary N) is 1. The number of phenolic OH excluding ortho intramolecular Hbond substituents is 1. The topological polar surface area (TPSA) is 75.4 Å². The quantitative estimate of drug-likeness (QED) is 0.699. The fourth-order valence-corrected chi connectivity index (χ4v) is 2.72. The fourth-order valence-electron chi connectivity index (χ4n) is 1.90. The first kappa shape index (κ1) is 14.6. The Morgan fingerprint density at radius 1 is 1.41 bits per heavy atom. The monoisotopic (exact) mass is 334 g/mol. The number of carbonyl (C=O) groups is 1. The van der Waals surface area contributed by atoms with Gasteiger partial charge in [-0.25, -0.2) is 4.98 Å². The van der Waals surface area contributed by atoms with Crippen LogP contribution in [0.15, 0.2) is 40.1 Å². The molecule has 0 bridgehead atoms. The summed E-state index contributed by atoms with van der Waals surface area (Å²) in [5.74, 6) is 0.259. The molecule has 1 aromatic carbocycles. The molecule has 0 atom stereocenters. The van der Waals surface area contributed by atoms with Crippen LogP contribution in [0.25, 0.3) is 10.8 Å². The number of thiophene rings is 1. The Labute approximate surface area is 135 Å². The maximum Gasteiger partial charge on any atom is 0.278 e. The van der Waals surface area contributed by atoms with Gasteiger partial charge in [0.25, 0.3) is 5.91 Å². The van der Waals surface area contributed by atoms with Crippen molar-refractivity contribution in [1.29, 1.82) is 0 Å². The van der Waals surface area contributed by atoms with Gasteiger partial charge in [-0.3, -0.25) is 4.79 Å². The van der Waals surface area contributed by atoms with Crippen molar-refractivity contribution in [2.75, 3.05) is 5.32 Å². The molecular weight excluding hydrogens is 324 g/mol. The molecular formula is C15H11ClN2O3S. The van der Waals surface area contributed by atoms with E-state index in [4.69, 9.17) is 16.0 Å². The molecule has 2 aromatic heterocycles. The Balaban J connectivity index is 1.88. The Morgan fingerprint density at radius 2 is 2.23 bits per heavy atom. The van der Waals surface area contributed by atoms with E-state index in [1.165, 1.54) is 29.5 Å². The lowest BCUT2D eigenvalue weighted by Gasteiger charge is -2.06. The summed E-state index contributed by atoms with van der Waals surface area (Å²) in [6.45, 7) is 1.66. The van der Waals surface area contributed by atoms with Crippen LogP contribution in [0, 0.1) is 6.92 Å². The average Bonchev–Trinajstić information content (AvgIpc) is 3.11. The Morgan fingerprint density at radius 3 is 2.95 bits per heavy atom. The van der Waals surface area contributed by atoms with Crippen molar-refractivity contribution in [3.8, 4) is 16.5 Å². The van der Waals surface area contributed by atoms with Crippen molar-refractivity contribution in [2.24, 2.45) is 0 Å². The number of aromatic hydroxyl groups is 1. The number of rotatable bonds is 3. The number of amides is 1. The van der Waals surface area contributed by atoms with Crippen molar-refractivity contribution in [2.45, 2.75) is 6.92 Å². The molecule has 3 aromatic rings. The number of hydrogen-bond donors (Lipinski definition) is 2. The zero-order valence-electron chi connectivity index (χ0n) is 11.5. The number of halogens is 1. The smallest absolute Gasteiger partial charge is 0.278 e. The van der Waals surface area contributed by atoms with Gasteiger partial charge >= 0.3 is 0 Å². The molecule has 0 aliphatic heterocycles. The maximum absolute atomic E-state index is 12.3. The molecule has 112 valence electrons. The highest BCUT2D eigenvalue weighted by Crippen LogP contribution is 2.29. The van der Waals surface area contributed by atoms with E-state index >= 15 is 0 Å². The molecule has 0 aliphatic rings. The number of carbonyl (C=O) groups excluding carboxylic acids is 1. The summed E-state index contributed by atoms with van der Waals surface area (Å²) in [7, 11) is 0. The molecule has 0 radical (unpaired) electrons. The summed E-state index contributed by atoms with van der Waals surface area (Å²) in [5, 5.41) is 14.6. The molecule has 22 heavy (non-hydrogen) atoms. The molecule has 1 amide bonds. The summed E-state index contributed by atoms with van der Waals surface area (Å²) in [5.41, 5.74) is 0.389. The molecule has 3 rings (SSSR count). The standard InChI is InChI=1S/C15H11ClN2O3S/c1-8-13(18-15(21-8)12-3-2-6-22-12)14(20)17-10-7-9(16)4-5-11(10)19/h2-7,19H,1H3,(H,17,20). The summed E-state index contributed by atoms with van der Waals surface area (Å²) in [6, 6.07) is 8.14. The Kier molecular flexibility index (Phi) is 3.87. The lowest BCUT2D eigenvalue weighted by molar-refractivity contribution is 0.102. The largest absolute Gasteiger partial charge is 0.506 e. The molecule has 0 fully saturated rings. The third-order valence-corrected chi connectivity index (χ3v) is 4.04. The van der Waals surface area contributed by atoms with E-state index in [9.17, 15) is 9.90 Å². The van der Waals surface area contributed by atoms with Crippen LogP contribution in [0.5, 0.6) is 5.75 Å². The number of aromatic nitrogens is 1. The molecule has 2 N–H and O–H groups in total. The van der Waals surface area contributed by atoms with Crippen LogP contribution in [0.1, 0.15) is 16.2 Å². The fraction of sp³-hybridized carbons (Fsp3) is 0.0667. The third-order valence-electron chi connectivity index (χ3n) is 2.95. The predicted molar refractivity (Wildman–Crippen MR) is 85.6 cm³/mol. The molecule has 0 saturated carbocycles. The number of anilines is 1. The molecule has 0 unspecified atom stereocenters. The van der Waals surface area contributed by atoms with Crippen LogP contribution >= 0.6 is 22.9 Å². The zero-order chi connectivity index (χ0) is 15.7. The molecule has 5 nitrogen and oxygen atoms in total. The van der Waals surface area contributed by atoms with Gasteiger partial charge in [-0.1, -0.05) is 17.7 Å². The van der Waals surface area contributed by atoms with E-state index in [0.29, 0.717) is 16.7 Å². The van der Waals surface area contributed by atoms with Crippen LogP contribution in [0.2, 0.25) is 5.02 Å². The lowest BCUT2D eigenvalue weighted by atomic mass is 10.2. The Bertz CT molecular complexity index is 827. The molecule has 0 spiro atoms. The van der Waals surface area contributed by atoms with Gasteiger partial charge < -0.3 is 14.8 Å². The van der Waals surface area contributed by atoms with E-state index in [2.05, 4.69) is 10.3 Å². The summed E-state index contributed by atoms with van der Waals surface area (Å²) in [4.78, 5) is 17.4. The predicted octanol–water partition coefficient (Wildman–Crippen LogP) is 4.32. The van der Waals surface area contributed by atoms with Crippen LogP contribution < -0.4 is 5.32 Å². The van der Waals surface area contributed by atoms with Gasteiger partial charge in [0.15, 0.2) is 5.69 Å². The van der Waals surface area contributed by atoms with Crippen LogP contribution in [0.3, 0.4) is 0 Å². The second-order valence-electron chi connectivity index (χ2n) is 4.52. The highest BCUT2D eigenvalue weighted by Gasteiger charge is 2.19. The minimum absolute atomic E-state index is 0.0719. The SMILES string of the molecule is Cc1oc(-c2cccs2)nc1C(=O)Nc1cc(Cl)ccc1O. The highest BCUT2D eigenvalue weighted by atomic mass is 35.5. The van der Waals surface area contributed by atoms with E-state index in [0.717, 1.165) is 4.88 Å². The first-order valence-corrected chi connectivity index (χ1v) is 7.61. The number of phenols is 1. The van der Waals surface area contributed by atoms with E-state index in [-0.39, 0.29) is 17.1 Å². The van der Waals surface area contributed by atoms with Crippen LogP contribution in [0.4, 0.5) is 5.69 Å². The summed E-state index contributed by atoms with van der Waals surface area (Å²) >= 11 is 7.33. The lowest BCUT2D eigenvalue weighted by Crippen LogP contribution is -2.13. The third kappa shape index (κ3) is 2.84. The zero-order valence-corrected chi connectivity index (χ0v) is 13.0. The second kappa shape index (κ2) is 5.82. The van der Waals surface area contributed by atoms with Crippen LogP contribution in [-0.2, 0) is 0 Å². The average molecular weight is 335 g/mol. The molecule has 0 aliphatic carbocycles. The van der Waals surface area contributed by atoms with Gasteiger partial charge in [-0.05, 0) is 36.6 Å². The van der Waals surface area contributed by atoms with Crippen molar-refractivity contribution >= 4 is 34.5 Å². The number of oxazole rings is 1. The van der Waals surface area contributed by atoms with Crippen LogP contribution in [-0.4, -0.2) is 16.0 Å². The number of benzene rings is 1. The first-order chi connectivity index (χ1) is 10.5. The van der Waals surface area contributed by atoms with Gasteiger partial charge in [0, 0.05) is 5.02 Å². The van der Waals surface area contributed by atoms with Crippen molar-refractivity contribution in [3.63, 3.8) is 0 Å². The second-order valence-corrected chi connectivity index (χ2v) is 5.90. The van der Waals surface area contributed by atoms with E-state index in [1.807, 2.05) is 17.5 Å². The van der Waals surface area contributed by atoms with Gasteiger partial charge in [-0.15, -0.1) is 11.3 Å². The number of hydrogen-bond acceptors (Lipinski definition) is 5. The number of aryl methyl sites for hydroxylation is 1. The van der Waals surface area contributed by atoms with Crippen molar-refractivity contribution in [1.82, 2.24) is 4.98 Å². The van der Waals surface area contributed by atoms with Gasteiger partial charge in [-0.2, -0.15) is 0 Å². The molecule has 2 heterocycles. The van der Waals surface area contributed by atoms with Gasteiger partial charge in [0.2, 0.25) is 5.89 Å².